The number of halogens is 1. The molecule has 0 aliphatic heterocycles. The van der Waals surface area contributed by atoms with Gasteiger partial charge in [0.15, 0.2) is 5.13 Å². The van der Waals surface area contributed by atoms with Crippen LogP contribution < -0.4 is 16.2 Å². The van der Waals surface area contributed by atoms with Crippen LogP contribution in [0.4, 0.5) is 15.2 Å². The van der Waals surface area contributed by atoms with Crippen LogP contribution in [0.3, 0.4) is 0 Å². The maximum Gasteiger partial charge on any atom is 0.261 e. The lowest BCUT2D eigenvalue weighted by molar-refractivity contribution is -0.117. The summed E-state index contributed by atoms with van der Waals surface area (Å²) in [7, 11) is 0. The summed E-state index contributed by atoms with van der Waals surface area (Å²) in [5.74, 6) is -1.20. The first-order chi connectivity index (χ1) is 13.9. The highest BCUT2D eigenvalue weighted by molar-refractivity contribution is 7.22. The molecule has 0 radical (unpaired) electrons. The Kier molecular flexibility index (Phi) is 4.77. The molecule has 2 aromatic carbocycles. The van der Waals surface area contributed by atoms with Gasteiger partial charge in [0, 0.05) is 12.6 Å². The van der Waals surface area contributed by atoms with E-state index in [9.17, 15) is 18.8 Å². The van der Waals surface area contributed by atoms with Crippen LogP contribution in [-0.4, -0.2) is 26.3 Å². The molecule has 2 N–H and O–H groups in total. The first-order valence-corrected chi connectivity index (χ1v) is 9.33. The zero-order valence-electron chi connectivity index (χ0n) is 15.1. The highest BCUT2D eigenvalue weighted by Crippen LogP contribution is 2.28. The Hall–Kier alpha value is -3.66. The highest BCUT2D eigenvalue weighted by Gasteiger charge is 2.12. The standard InChI is InChI=1S/C19H14FN5O3S/c1-10(26)22-12-3-5-15-16(7-12)29-19(23-15)24-17(27)8-25-9-21-14-4-2-11(20)6-13(14)18(25)28/h2-7,9H,8H2,1H3,(H,22,26)(H,23,24,27). The van der Waals surface area contributed by atoms with E-state index in [4.69, 9.17) is 0 Å². The average molecular weight is 411 g/mol. The van der Waals surface area contributed by atoms with Crippen molar-refractivity contribution in [3.63, 3.8) is 0 Å². The Morgan fingerprint density at radius 2 is 1.93 bits per heavy atom. The van der Waals surface area contributed by atoms with Crippen molar-refractivity contribution in [1.82, 2.24) is 14.5 Å². The molecule has 0 unspecified atom stereocenters. The lowest BCUT2D eigenvalue weighted by atomic mass is 10.2. The third-order valence-corrected chi connectivity index (χ3v) is 4.99. The number of nitrogens with zero attached hydrogens (tertiary/aromatic N) is 3. The third-order valence-electron chi connectivity index (χ3n) is 4.06. The van der Waals surface area contributed by atoms with E-state index in [2.05, 4.69) is 20.6 Å². The van der Waals surface area contributed by atoms with Crippen LogP contribution in [0.2, 0.25) is 0 Å². The number of rotatable bonds is 4. The van der Waals surface area contributed by atoms with Gasteiger partial charge in [-0.3, -0.25) is 19.0 Å². The smallest absolute Gasteiger partial charge is 0.261 e. The van der Waals surface area contributed by atoms with Gasteiger partial charge < -0.3 is 10.6 Å². The second kappa shape index (κ2) is 7.40. The van der Waals surface area contributed by atoms with Gasteiger partial charge >= 0.3 is 0 Å². The zero-order chi connectivity index (χ0) is 20.5. The van der Waals surface area contributed by atoms with Crippen molar-refractivity contribution in [2.45, 2.75) is 13.5 Å². The van der Waals surface area contributed by atoms with Crippen molar-refractivity contribution < 1.29 is 14.0 Å². The first kappa shape index (κ1) is 18.7. The second-order valence-electron chi connectivity index (χ2n) is 6.27. The number of thiazole rings is 1. The lowest BCUT2D eigenvalue weighted by Gasteiger charge is -2.06. The molecule has 0 saturated heterocycles. The van der Waals surface area contributed by atoms with Gasteiger partial charge in [-0.2, -0.15) is 0 Å². The van der Waals surface area contributed by atoms with E-state index in [0.29, 0.717) is 21.9 Å². The summed E-state index contributed by atoms with van der Waals surface area (Å²) < 4.78 is 15.3. The monoisotopic (exact) mass is 411 g/mol. The minimum absolute atomic E-state index is 0.103. The number of anilines is 2. The normalized spacial score (nSPS) is 11.0. The summed E-state index contributed by atoms with van der Waals surface area (Å²) in [4.78, 5) is 44.4. The van der Waals surface area contributed by atoms with Gasteiger partial charge in [-0.25, -0.2) is 14.4 Å². The topological polar surface area (TPSA) is 106 Å². The largest absolute Gasteiger partial charge is 0.326 e. The van der Waals surface area contributed by atoms with E-state index in [1.807, 2.05) is 0 Å². The Labute approximate surface area is 167 Å². The second-order valence-corrected chi connectivity index (χ2v) is 7.30. The predicted octanol–water partition coefficient (Wildman–Crippen LogP) is 2.74. The van der Waals surface area contributed by atoms with Crippen molar-refractivity contribution >= 4 is 55.1 Å². The molecule has 4 rings (SSSR count). The molecule has 4 aromatic rings. The number of nitrogens with one attached hydrogen (secondary N) is 2. The van der Waals surface area contributed by atoms with E-state index in [-0.39, 0.29) is 17.8 Å². The Morgan fingerprint density at radius 3 is 2.72 bits per heavy atom. The molecule has 146 valence electrons. The Morgan fingerprint density at radius 1 is 1.14 bits per heavy atom. The molecule has 0 saturated carbocycles. The zero-order valence-corrected chi connectivity index (χ0v) is 15.9. The van der Waals surface area contributed by atoms with E-state index in [1.54, 1.807) is 18.2 Å². The van der Waals surface area contributed by atoms with Crippen LogP contribution in [0.25, 0.3) is 21.1 Å². The molecule has 2 amide bonds. The third kappa shape index (κ3) is 3.97. The van der Waals surface area contributed by atoms with Crippen molar-refractivity contribution in [2.75, 3.05) is 10.6 Å². The summed E-state index contributed by atoms with van der Waals surface area (Å²) in [5, 5.41) is 5.79. The van der Waals surface area contributed by atoms with E-state index < -0.39 is 17.3 Å². The fourth-order valence-electron chi connectivity index (χ4n) is 2.82. The van der Waals surface area contributed by atoms with Crippen LogP contribution in [-0.2, 0) is 16.1 Å². The average Bonchev–Trinajstić information content (AvgIpc) is 3.05. The molecule has 0 aliphatic rings. The van der Waals surface area contributed by atoms with Crippen molar-refractivity contribution in [2.24, 2.45) is 0 Å². The molecule has 0 spiro atoms. The quantitative estimate of drug-likeness (QED) is 0.537. The number of aromatic nitrogens is 3. The Balaban J connectivity index is 1.54. The molecular weight excluding hydrogens is 397 g/mol. The molecule has 0 aliphatic carbocycles. The minimum Gasteiger partial charge on any atom is -0.326 e. The molecule has 2 aromatic heterocycles. The summed E-state index contributed by atoms with van der Waals surface area (Å²) in [5.41, 5.74) is 1.15. The van der Waals surface area contributed by atoms with Gasteiger partial charge in [-0.1, -0.05) is 11.3 Å². The van der Waals surface area contributed by atoms with Crippen molar-refractivity contribution in [3.05, 3.63) is 58.9 Å². The van der Waals surface area contributed by atoms with Crippen molar-refractivity contribution in [1.29, 1.82) is 0 Å². The maximum atomic E-state index is 13.4. The van der Waals surface area contributed by atoms with E-state index in [1.165, 1.54) is 36.7 Å². The molecule has 0 fully saturated rings. The number of carbonyl (C=O) groups is 2. The maximum absolute atomic E-state index is 13.4. The van der Waals surface area contributed by atoms with Crippen LogP contribution in [0, 0.1) is 5.82 Å². The number of fused-ring (bicyclic) bond motifs is 2. The first-order valence-electron chi connectivity index (χ1n) is 8.52. The number of hydrogen-bond acceptors (Lipinski definition) is 6. The van der Waals surface area contributed by atoms with Gasteiger partial charge in [-0.05, 0) is 36.4 Å². The van der Waals surface area contributed by atoms with Crippen LogP contribution in [0.1, 0.15) is 6.92 Å². The van der Waals surface area contributed by atoms with Crippen LogP contribution in [0.5, 0.6) is 0 Å². The molecule has 0 atom stereocenters. The van der Waals surface area contributed by atoms with Gasteiger partial charge in [0.2, 0.25) is 11.8 Å². The summed E-state index contributed by atoms with van der Waals surface area (Å²) in [6.07, 6.45) is 1.25. The number of benzene rings is 2. The SMILES string of the molecule is CC(=O)Nc1ccc2nc(NC(=O)Cn3cnc4ccc(F)cc4c3=O)sc2c1. The number of amides is 2. The molecule has 29 heavy (non-hydrogen) atoms. The van der Waals surface area contributed by atoms with Gasteiger partial charge in [0.1, 0.15) is 12.4 Å². The molecule has 0 bridgehead atoms. The van der Waals surface area contributed by atoms with E-state index in [0.717, 1.165) is 15.3 Å². The lowest BCUT2D eigenvalue weighted by Crippen LogP contribution is -2.27. The molecule has 8 nitrogen and oxygen atoms in total. The van der Waals surface area contributed by atoms with Crippen LogP contribution in [0.15, 0.2) is 47.5 Å². The number of carbonyl (C=O) groups excluding carboxylic acids is 2. The summed E-state index contributed by atoms with van der Waals surface area (Å²) in [6.45, 7) is 1.13. The summed E-state index contributed by atoms with van der Waals surface area (Å²) >= 11 is 1.24. The Bertz CT molecular complexity index is 1330. The van der Waals surface area contributed by atoms with Crippen LogP contribution >= 0.6 is 11.3 Å². The highest BCUT2D eigenvalue weighted by atomic mass is 32.1. The number of hydrogen-bond donors (Lipinski definition) is 2. The predicted molar refractivity (Wildman–Crippen MR) is 109 cm³/mol. The molecule has 2 heterocycles. The summed E-state index contributed by atoms with van der Waals surface area (Å²) in [6, 6.07) is 8.94. The van der Waals surface area contributed by atoms with E-state index >= 15 is 0 Å². The fourth-order valence-corrected chi connectivity index (χ4v) is 3.74. The van der Waals surface area contributed by atoms with Gasteiger partial charge in [0.25, 0.3) is 5.56 Å². The molecular formula is C19H14FN5O3S. The van der Waals surface area contributed by atoms with Gasteiger partial charge in [-0.15, -0.1) is 0 Å². The molecule has 10 heteroatoms. The van der Waals surface area contributed by atoms with Crippen molar-refractivity contribution in [3.8, 4) is 0 Å². The van der Waals surface area contributed by atoms with Gasteiger partial charge in [0.05, 0.1) is 27.4 Å². The minimum atomic E-state index is -0.549. The fraction of sp³-hybridized carbons (Fsp3) is 0.105.